The molecular formula is C16H31N5O. The maximum atomic E-state index is 5.55. The van der Waals surface area contributed by atoms with Gasteiger partial charge in [0.25, 0.3) is 0 Å². The molecule has 2 N–H and O–H groups in total. The van der Waals surface area contributed by atoms with Gasteiger partial charge in [0.15, 0.2) is 5.96 Å². The first kappa shape index (κ1) is 18.5. The van der Waals surface area contributed by atoms with Gasteiger partial charge in [-0.2, -0.15) is 5.10 Å². The summed E-state index contributed by atoms with van der Waals surface area (Å²) in [5.41, 5.74) is 3.40. The third-order valence-corrected chi connectivity index (χ3v) is 3.58. The van der Waals surface area contributed by atoms with Crippen LogP contribution in [0.4, 0.5) is 0 Å². The van der Waals surface area contributed by atoms with E-state index in [-0.39, 0.29) is 0 Å². The Kier molecular flexibility index (Phi) is 8.58. The minimum Gasteiger partial charge on any atom is -0.380 e. The van der Waals surface area contributed by atoms with E-state index in [0.717, 1.165) is 37.8 Å². The largest absolute Gasteiger partial charge is 0.380 e. The lowest BCUT2D eigenvalue weighted by Crippen LogP contribution is -2.39. The maximum absolute atomic E-state index is 5.55. The van der Waals surface area contributed by atoms with Gasteiger partial charge in [-0.15, -0.1) is 0 Å². The summed E-state index contributed by atoms with van der Waals surface area (Å²) in [5.74, 6) is 0.823. The standard InChI is InChI=1S/C16H31N5O/c1-6-8-10-22-11-9-18-16(17-7-2)19-12-15-13(3)20-21(5)14(15)4/h6-12H2,1-5H3,(H2,17,18,19). The number of aliphatic imine (C=N–C) groups is 1. The summed E-state index contributed by atoms with van der Waals surface area (Å²) < 4.78 is 7.45. The summed E-state index contributed by atoms with van der Waals surface area (Å²) >= 11 is 0. The van der Waals surface area contributed by atoms with Crippen molar-refractivity contribution >= 4 is 5.96 Å². The van der Waals surface area contributed by atoms with Gasteiger partial charge in [0.05, 0.1) is 18.8 Å². The molecule has 0 unspecified atom stereocenters. The van der Waals surface area contributed by atoms with Crippen LogP contribution < -0.4 is 10.6 Å². The highest BCUT2D eigenvalue weighted by molar-refractivity contribution is 5.79. The van der Waals surface area contributed by atoms with Gasteiger partial charge in [0.1, 0.15) is 0 Å². The van der Waals surface area contributed by atoms with Crippen LogP contribution in [-0.2, 0) is 18.3 Å². The second-order valence-corrected chi connectivity index (χ2v) is 5.36. The summed E-state index contributed by atoms with van der Waals surface area (Å²) in [4.78, 5) is 4.64. The molecule has 1 aromatic heterocycles. The summed E-state index contributed by atoms with van der Waals surface area (Å²) in [7, 11) is 1.96. The van der Waals surface area contributed by atoms with Crippen LogP contribution in [0.3, 0.4) is 0 Å². The number of rotatable bonds is 9. The minimum atomic E-state index is 0.636. The van der Waals surface area contributed by atoms with E-state index in [9.17, 15) is 0 Å². The van der Waals surface area contributed by atoms with Crippen molar-refractivity contribution in [1.82, 2.24) is 20.4 Å². The molecule has 22 heavy (non-hydrogen) atoms. The SMILES string of the molecule is CCCCOCCNC(=NCc1c(C)nn(C)c1C)NCC. The molecule has 0 saturated carbocycles. The van der Waals surface area contributed by atoms with E-state index in [0.29, 0.717) is 13.2 Å². The Bertz CT molecular complexity index is 467. The van der Waals surface area contributed by atoms with Gasteiger partial charge >= 0.3 is 0 Å². The van der Waals surface area contributed by atoms with E-state index in [1.807, 2.05) is 18.7 Å². The Morgan fingerprint density at radius 1 is 1.23 bits per heavy atom. The summed E-state index contributed by atoms with van der Waals surface area (Å²) in [5, 5.41) is 11.0. The van der Waals surface area contributed by atoms with Crippen molar-refractivity contribution in [1.29, 1.82) is 0 Å². The van der Waals surface area contributed by atoms with E-state index >= 15 is 0 Å². The Hall–Kier alpha value is -1.56. The number of unbranched alkanes of at least 4 members (excludes halogenated alkanes) is 1. The zero-order valence-corrected chi connectivity index (χ0v) is 14.7. The maximum Gasteiger partial charge on any atom is 0.191 e. The lowest BCUT2D eigenvalue weighted by atomic mass is 10.2. The first-order valence-corrected chi connectivity index (χ1v) is 8.19. The molecule has 126 valence electrons. The molecule has 1 aromatic rings. The number of aromatic nitrogens is 2. The van der Waals surface area contributed by atoms with E-state index in [2.05, 4.69) is 41.5 Å². The minimum absolute atomic E-state index is 0.636. The molecule has 1 heterocycles. The lowest BCUT2D eigenvalue weighted by Gasteiger charge is -2.11. The highest BCUT2D eigenvalue weighted by Crippen LogP contribution is 2.12. The van der Waals surface area contributed by atoms with Crippen molar-refractivity contribution in [3.8, 4) is 0 Å². The third kappa shape index (κ3) is 6.05. The van der Waals surface area contributed by atoms with Crippen molar-refractivity contribution in [3.05, 3.63) is 17.0 Å². The average molecular weight is 309 g/mol. The smallest absolute Gasteiger partial charge is 0.191 e. The zero-order chi connectivity index (χ0) is 16.4. The zero-order valence-electron chi connectivity index (χ0n) is 14.7. The molecule has 6 heteroatoms. The Labute approximate surface area is 134 Å². The van der Waals surface area contributed by atoms with Gasteiger partial charge in [-0.05, 0) is 27.2 Å². The highest BCUT2D eigenvalue weighted by Gasteiger charge is 2.08. The van der Waals surface area contributed by atoms with E-state index in [1.54, 1.807) is 0 Å². The molecule has 0 aliphatic carbocycles. The van der Waals surface area contributed by atoms with Crippen molar-refractivity contribution in [2.24, 2.45) is 12.0 Å². The molecule has 0 amide bonds. The number of nitrogens with one attached hydrogen (secondary N) is 2. The van der Waals surface area contributed by atoms with Crippen LogP contribution in [0.25, 0.3) is 0 Å². The quantitative estimate of drug-likeness (QED) is 0.415. The Balaban J connectivity index is 2.48. The van der Waals surface area contributed by atoms with Crippen LogP contribution in [0.5, 0.6) is 0 Å². The number of hydrogen-bond acceptors (Lipinski definition) is 3. The average Bonchev–Trinajstić information content (AvgIpc) is 2.73. The highest BCUT2D eigenvalue weighted by atomic mass is 16.5. The van der Waals surface area contributed by atoms with Crippen molar-refractivity contribution in [2.45, 2.75) is 47.1 Å². The fourth-order valence-electron chi connectivity index (χ4n) is 2.14. The van der Waals surface area contributed by atoms with Gasteiger partial charge < -0.3 is 15.4 Å². The molecule has 0 spiro atoms. The van der Waals surface area contributed by atoms with Crippen LogP contribution in [0.1, 0.15) is 43.6 Å². The topological polar surface area (TPSA) is 63.5 Å². The number of hydrogen-bond donors (Lipinski definition) is 2. The van der Waals surface area contributed by atoms with Gasteiger partial charge in [0, 0.05) is 38.0 Å². The molecule has 0 atom stereocenters. The predicted octanol–water partition coefficient (Wildman–Crippen LogP) is 1.91. The van der Waals surface area contributed by atoms with Crippen LogP contribution in [-0.4, -0.2) is 42.0 Å². The van der Waals surface area contributed by atoms with E-state index in [1.165, 1.54) is 17.7 Å². The van der Waals surface area contributed by atoms with Crippen LogP contribution in [0.2, 0.25) is 0 Å². The molecule has 0 aliphatic heterocycles. The summed E-state index contributed by atoms with van der Waals surface area (Å²) in [6.07, 6.45) is 2.29. The predicted molar refractivity (Wildman–Crippen MR) is 91.2 cm³/mol. The molecule has 6 nitrogen and oxygen atoms in total. The normalized spacial score (nSPS) is 11.8. The number of aryl methyl sites for hydroxylation is 2. The fraction of sp³-hybridized carbons (Fsp3) is 0.750. The molecule has 0 aliphatic rings. The first-order valence-electron chi connectivity index (χ1n) is 8.19. The monoisotopic (exact) mass is 309 g/mol. The fourth-order valence-corrected chi connectivity index (χ4v) is 2.14. The molecule has 0 saturated heterocycles. The van der Waals surface area contributed by atoms with Crippen molar-refractivity contribution in [2.75, 3.05) is 26.3 Å². The van der Waals surface area contributed by atoms with Gasteiger partial charge in [-0.1, -0.05) is 13.3 Å². The van der Waals surface area contributed by atoms with Crippen molar-refractivity contribution in [3.63, 3.8) is 0 Å². The van der Waals surface area contributed by atoms with Gasteiger partial charge in [0.2, 0.25) is 0 Å². The molecular weight excluding hydrogens is 278 g/mol. The summed E-state index contributed by atoms with van der Waals surface area (Å²) in [6, 6.07) is 0. The molecule has 0 bridgehead atoms. The summed E-state index contributed by atoms with van der Waals surface area (Å²) in [6.45, 7) is 12.1. The van der Waals surface area contributed by atoms with E-state index in [4.69, 9.17) is 4.74 Å². The van der Waals surface area contributed by atoms with Gasteiger partial charge in [-0.25, -0.2) is 4.99 Å². The van der Waals surface area contributed by atoms with E-state index < -0.39 is 0 Å². The van der Waals surface area contributed by atoms with Crippen LogP contribution in [0, 0.1) is 13.8 Å². The molecule has 0 fully saturated rings. The van der Waals surface area contributed by atoms with Crippen LogP contribution in [0.15, 0.2) is 4.99 Å². The Morgan fingerprint density at radius 3 is 2.59 bits per heavy atom. The lowest BCUT2D eigenvalue weighted by molar-refractivity contribution is 0.136. The van der Waals surface area contributed by atoms with Gasteiger partial charge in [-0.3, -0.25) is 4.68 Å². The third-order valence-electron chi connectivity index (χ3n) is 3.58. The number of guanidine groups is 1. The first-order chi connectivity index (χ1) is 10.6. The second-order valence-electron chi connectivity index (χ2n) is 5.36. The van der Waals surface area contributed by atoms with Crippen molar-refractivity contribution < 1.29 is 4.74 Å². The Morgan fingerprint density at radius 2 is 2.00 bits per heavy atom. The van der Waals surface area contributed by atoms with Crippen LogP contribution >= 0.6 is 0 Å². The second kappa shape index (κ2) is 10.2. The molecule has 1 rings (SSSR count). The number of ether oxygens (including phenoxy) is 1. The molecule has 0 radical (unpaired) electrons. The number of nitrogens with zero attached hydrogens (tertiary/aromatic N) is 3. The molecule has 0 aromatic carbocycles.